The number of hydrogen-bond donors (Lipinski definition) is 2. The average Bonchev–Trinajstić information content (AvgIpc) is 2.41. The number of Topliss-reactive ketones (excluding diaryl/α,β-unsaturated/α-hetero) is 1. The fourth-order valence-electron chi connectivity index (χ4n) is 1.46. The lowest BCUT2D eigenvalue weighted by atomic mass is 10.00. The van der Waals surface area contributed by atoms with Crippen LogP contribution in [0.1, 0.15) is 52.9 Å². The number of hydrogen-bond acceptors (Lipinski definition) is 5. The Morgan fingerprint density at radius 2 is 1.42 bits per heavy atom. The van der Waals surface area contributed by atoms with E-state index >= 15 is 0 Å². The van der Waals surface area contributed by atoms with Gasteiger partial charge >= 0.3 is 0 Å². The van der Waals surface area contributed by atoms with E-state index in [2.05, 4.69) is 0 Å². The second-order valence-corrected chi connectivity index (χ2v) is 4.02. The van der Waals surface area contributed by atoms with Gasteiger partial charge in [-0.15, -0.1) is 0 Å². The van der Waals surface area contributed by atoms with E-state index in [9.17, 15) is 4.79 Å². The van der Waals surface area contributed by atoms with Gasteiger partial charge in [0.1, 0.15) is 5.78 Å². The first-order chi connectivity index (χ1) is 9.12. The van der Waals surface area contributed by atoms with Crippen molar-refractivity contribution in [1.29, 1.82) is 0 Å². The summed E-state index contributed by atoms with van der Waals surface area (Å²) in [5.74, 6) is 0.464. The van der Waals surface area contributed by atoms with Gasteiger partial charge in [0, 0.05) is 26.1 Å². The molecule has 5 nitrogen and oxygen atoms in total. The van der Waals surface area contributed by atoms with Crippen LogP contribution in [0.3, 0.4) is 0 Å². The second-order valence-electron chi connectivity index (χ2n) is 4.02. The molecule has 1 aliphatic carbocycles. The summed E-state index contributed by atoms with van der Waals surface area (Å²) in [4.78, 5) is 10.5. The SMILES string of the molecule is CCOC(C)OCC.O=C1CCCCC1.OCCO. The Labute approximate surface area is 116 Å². The number of carbonyl (C=O) groups excluding carboxylic acids is 1. The van der Waals surface area contributed by atoms with Gasteiger partial charge in [-0.3, -0.25) is 4.79 Å². The summed E-state index contributed by atoms with van der Waals surface area (Å²) >= 11 is 0. The number of ether oxygens (including phenoxy) is 2. The number of carbonyl (C=O) groups is 1. The van der Waals surface area contributed by atoms with E-state index in [1.165, 1.54) is 6.42 Å². The molecule has 0 aromatic carbocycles. The molecule has 0 aromatic rings. The molecule has 0 bridgehead atoms. The van der Waals surface area contributed by atoms with E-state index in [-0.39, 0.29) is 19.5 Å². The summed E-state index contributed by atoms with van der Waals surface area (Å²) in [6.45, 7) is 7.00. The molecule has 1 aliphatic rings. The average molecular weight is 278 g/mol. The van der Waals surface area contributed by atoms with Crippen LogP contribution in [0.5, 0.6) is 0 Å². The van der Waals surface area contributed by atoms with Crippen LogP contribution in [-0.4, -0.2) is 48.7 Å². The van der Waals surface area contributed by atoms with E-state index in [4.69, 9.17) is 19.7 Å². The molecule has 0 heterocycles. The smallest absolute Gasteiger partial charge is 0.154 e. The molecule has 0 spiro atoms. The molecule has 1 saturated carbocycles. The van der Waals surface area contributed by atoms with Crippen LogP contribution in [-0.2, 0) is 14.3 Å². The van der Waals surface area contributed by atoms with Crippen molar-refractivity contribution < 1.29 is 24.5 Å². The molecule has 0 unspecified atom stereocenters. The lowest BCUT2D eigenvalue weighted by Gasteiger charge is -2.09. The molecular formula is C14H30O5. The molecule has 0 atom stereocenters. The topological polar surface area (TPSA) is 76.0 Å². The van der Waals surface area contributed by atoms with Gasteiger partial charge in [-0.2, -0.15) is 0 Å². The summed E-state index contributed by atoms with van der Waals surface area (Å²) in [5.41, 5.74) is 0. The van der Waals surface area contributed by atoms with Gasteiger partial charge in [-0.25, -0.2) is 0 Å². The zero-order chi connectivity index (χ0) is 14.9. The van der Waals surface area contributed by atoms with Crippen molar-refractivity contribution >= 4 is 5.78 Å². The standard InChI is InChI=1S/C6H14O2.C6H10O.C2H6O2/c1-4-7-6(3)8-5-2;7-6-4-2-1-3-5-6;3-1-2-4/h6H,4-5H2,1-3H3;1-5H2;3-4H,1-2H2. The van der Waals surface area contributed by atoms with E-state index in [0.717, 1.165) is 38.9 Å². The van der Waals surface area contributed by atoms with Crippen molar-refractivity contribution in [2.45, 2.75) is 59.2 Å². The van der Waals surface area contributed by atoms with Crippen LogP contribution in [0.15, 0.2) is 0 Å². The van der Waals surface area contributed by atoms with Crippen LogP contribution < -0.4 is 0 Å². The minimum absolute atomic E-state index is 0.0370. The third kappa shape index (κ3) is 20.0. The maximum Gasteiger partial charge on any atom is 0.154 e. The Hall–Kier alpha value is -0.490. The van der Waals surface area contributed by atoms with Gasteiger partial charge in [0.25, 0.3) is 0 Å². The Morgan fingerprint density at radius 3 is 1.63 bits per heavy atom. The van der Waals surface area contributed by atoms with Crippen molar-refractivity contribution in [3.05, 3.63) is 0 Å². The van der Waals surface area contributed by atoms with Crippen LogP contribution in [0.25, 0.3) is 0 Å². The molecular weight excluding hydrogens is 248 g/mol. The molecule has 1 fully saturated rings. The molecule has 116 valence electrons. The molecule has 0 saturated heterocycles. The Balaban J connectivity index is 0. The molecule has 0 radical (unpaired) electrons. The molecule has 1 rings (SSSR count). The zero-order valence-corrected chi connectivity index (χ0v) is 12.6. The molecule has 0 aliphatic heterocycles. The van der Waals surface area contributed by atoms with Gasteiger partial charge in [0.2, 0.25) is 0 Å². The zero-order valence-electron chi connectivity index (χ0n) is 12.6. The third-order valence-corrected chi connectivity index (χ3v) is 2.31. The van der Waals surface area contributed by atoms with Gasteiger partial charge in [-0.05, 0) is 33.6 Å². The van der Waals surface area contributed by atoms with Crippen LogP contribution in [0.4, 0.5) is 0 Å². The monoisotopic (exact) mass is 278 g/mol. The fourth-order valence-corrected chi connectivity index (χ4v) is 1.46. The van der Waals surface area contributed by atoms with Gasteiger partial charge < -0.3 is 19.7 Å². The largest absolute Gasteiger partial charge is 0.394 e. The van der Waals surface area contributed by atoms with Gasteiger partial charge in [0.15, 0.2) is 6.29 Å². The van der Waals surface area contributed by atoms with Crippen molar-refractivity contribution in [2.75, 3.05) is 26.4 Å². The number of aliphatic hydroxyl groups excluding tert-OH is 2. The molecule has 0 aromatic heterocycles. The van der Waals surface area contributed by atoms with Gasteiger partial charge in [0.05, 0.1) is 13.2 Å². The summed E-state index contributed by atoms with van der Waals surface area (Å²) < 4.78 is 10.1. The van der Waals surface area contributed by atoms with Crippen molar-refractivity contribution in [1.82, 2.24) is 0 Å². The first kappa shape index (κ1) is 20.8. The highest BCUT2D eigenvalue weighted by Crippen LogP contribution is 2.12. The van der Waals surface area contributed by atoms with Gasteiger partial charge in [-0.1, -0.05) is 6.42 Å². The third-order valence-electron chi connectivity index (χ3n) is 2.31. The predicted octanol–water partition coefficient (Wildman–Crippen LogP) is 1.90. The quantitative estimate of drug-likeness (QED) is 0.751. The van der Waals surface area contributed by atoms with Crippen LogP contribution in [0, 0.1) is 0 Å². The molecule has 0 amide bonds. The summed E-state index contributed by atoms with van der Waals surface area (Å²) in [6.07, 6.45) is 5.20. The summed E-state index contributed by atoms with van der Waals surface area (Å²) in [5, 5.41) is 15.2. The lowest BCUT2D eigenvalue weighted by molar-refractivity contribution is -0.123. The maximum atomic E-state index is 10.5. The predicted molar refractivity (Wildman–Crippen MR) is 75.0 cm³/mol. The highest BCUT2D eigenvalue weighted by atomic mass is 16.7. The minimum atomic E-state index is -0.125. The first-order valence-electron chi connectivity index (χ1n) is 7.08. The summed E-state index contributed by atoms with van der Waals surface area (Å²) in [7, 11) is 0. The van der Waals surface area contributed by atoms with Crippen LogP contribution in [0.2, 0.25) is 0 Å². The lowest BCUT2D eigenvalue weighted by Crippen LogP contribution is -2.11. The first-order valence-corrected chi connectivity index (χ1v) is 7.08. The Kier molecular flexibility index (Phi) is 19.2. The highest BCUT2D eigenvalue weighted by molar-refractivity contribution is 5.78. The molecule has 19 heavy (non-hydrogen) atoms. The van der Waals surface area contributed by atoms with E-state index in [1.807, 2.05) is 20.8 Å². The Morgan fingerprint density at radius 1 is 1.00 bits per heavy atom. The molecule has 2 N–H and O–H groups in total. The molecule has 5 heteroatoms. The fraction of sp³-hybridized carbons (Fsp3) is 0.929. The second kappa shape index (κ2) is 17.5. The van der Waals surface area contributed by atoms with Crippen molar-refractivity contribution in [3.63, 3.8) is 0 Å². The van der Waals surface area contributed by atoms with E-state index < -0.39 is 0 Å². The number of rotatable bonds is 5. The van der Waals surface area contributed by atoms with Crippen molar-refractivity contribution in [2.24, 2.45) is 0 Å². The minimum Gasteiger partial charge on any atom is -0.394 e. The van der Waals surface area contributed by atoms with E-state index in [0.29, 0.717) is 5.78 Å². The van der Waals surface area contributed by atoms with Crippen molar-refractivity contribution in [3.8, 4) is 0 Å². The highest BCUT2D eigenvalue weighted by Gasteiger charge is 2.05. The van der Waals surface area contributed by atoms with E-state index in [1.54, 1.807) is 0 Å². The van der Waals surface area contributed by atoms with Crippen LogP contribution >= 0.6 is 0 Å². The number of aliphatic hydroxyl groups is 2. The summed E-state index contributed by atoms with van der Waals surface area (Å²) in [6, 6.07) is 0. The Bertz CT molecular complexity index is 169. The number of ketones is 1. The maximum absolute atomic E-state index is 10.5. The normalized spacial score (nSPS) is 14.3.